The predicted molar refractivity (Wildman–Crippen MR) is 81.3 cm³/mol. The van der Waals surface area contributed by atoms with Gasteiger partial charge in [0.1, 0.15) is 0 Å². The second-order valence-electron chi connectivity index (χ2n) is 4.60. The number of amides is 1. The Balaban J connectivity index is 1.97. The molecule has 3 N–H and O–H groups in total. The molecule has 1 aromatic carbocycles. The number of benzene rings is 1. The molecule has 0 bridgehead atoms. The minimum absolute atomic E-state index is 0.160. The van der Waals surface area contributed by atoms with E-state index in [1.54, 1.807) is 6.92 Å². The summed E-state index contributed by atoms with van der Waals surface area (Å²) in [4.78, 5) is 16.4. The number of nitrogens with one attached hydrogen (secondary N) is 1. The van der Waals surface area contributed by atoms with Gasteiger partial charge in [-0.2, -0.15) is 4.98 Å². The second-order valence-corrected chi connectivity index (χ2v) is 5.07. The van der Waals surface area contributed by atoms with Crippen molar-refractivity contribution in [3.63, 3.8) is 0 Å². The Morgan fingerprint density at radius 1 is 1.43 bits per heavy atom. The Kier molecular flexibility index (Phi) is 4.99. The van der Waals surface area contributed by atoms with Gasteiger partial charge in [-0.15, -0.1) is 0 Å². The second kappa shape index (κ2) is 6.94. The molecule has 7 heteroatoms. The van der Waals surface area contributed by atoms with E-state index in [-0.39, 0.29) is 17.4 Å². The number of nitrogens with zero attached hydrogens (tertiary/aromatic N) is 2. The molecule has 0 saturated heterocycles. The third-order valence-electron chi connectivity index (χ3n) is 2.93. The van der Waals surface area contributed by atoms with Gasteiger partial charge in [0.15, 0.2) is 5.82 Å². The lowest BCUT2D eigenvalue weighted by Gasteiger charge is -2.14. The molecule has 1 atom stereocenters. The third kappa shape index (κ3) is 4.35. The van der Waals surface area contributed by atoms with Crippen molar-refractivity contribution in [2.75, 3.05) is 0 Å². The van der Waals surface area contributed by atoms with Crippen molar-refractivity contribution in [3.05, 3.63) is 47.6 Å². The van der Waals surface area contributed by atoms with Crippen LogP contribution in [0.4, 0.5) is 0 Å². The van der Waals surface area contributed by atoms with Crippen LogP contribution in [-0.4, -0.2) is 21.0 Å². The van der Waals surface area contributed by atoms with Crippen molar-refractivity contribution in [1.29, 1.82) is 0 Å². The van der Waals surface area contributed by atoms with E-state index in [0.717, 1.165) is 5.56 Å². The lowest BCUT2D eigenvalue weighted by Crippen LogP contribution is -2.38. The maximum Gasteiger partial charge on any atom is 0.246 e. The largest absolute Gasteiger partial charge is 0.393 e. The van der Waals surface area contributed by atoms with Crippen molar-refractivity contribution in [2.45, 2.75) is 19.9 Å². The molecule has 0 radical (unpaired) electrons. The molecule has 2 rings (SSSR count). The first-order valence-corrected chi connectivity index (χ1v) is 6.87. The van der Waals surface area contributed by atoms with Gasteiger partial charge in [0.05, 0.1) is 17.5 Å². The van der Waals surface area contributed by atoms with E-state index in [1.165, 1.54) is 0 Å². The van der Waals surface area contributed by atoms with E-state index in [4.69, 9.17) is 22.5 Å². The van der Waals surface area contributed by atoms with Gasteiger partial charge in [0, 0.05) is 0 Å². The molecule has 0 aliphatic carbocycles. The number of thiocarbonyl (C=S) groups is 1. The highest BCUT2D eigenvalue weighted by Gasteiger charge is 2.22. The minimum atomic E-state index is -0.564. The van der Waals surface area contributed by atoms with E-state index in [2.05, 4.69) is 15.5 Å². The highest BCUT2D eigenvalue weighted by molar-refractivity contribution is 7.80. The van der Waals surface area contributed by atoms with Crippen molar-refractivity contribution < 1.29 is 9.32 Å². The molecular weight excluding hydrogens is 288 g/mol. The molecule has 0 aliphatic heterocycles. The molecule has 110 valence electrons. The summed E-state index contributed by atoms with van der Waals surface area (Å²) in [5.74, 6) is 0.0605. The number of carbonyl (C=O) groups is 1. The van der Waals surface area contributed by atoms with Gasteiger partial charge in [-0.3, -0.25) is 4.79 Å². The molecule has 1 unspecified atom stereocenters. The highest BCUT2D eigenvalue weighted by atomic mass is 32.1. The summed E-state index contributed by atoms with van der Waals surface area (Å²) in [6.45, 7) is 1.87. The molecule has 0 fully saturated rings. The van der Waals surface area contributed by atoms with Gasteiger partial charge in [0.2, 0.25) is 11.8 Å². The number of carbonyl (C=O) groups excluding carboxylic acids is 1. The van der Waals surface area contributed by atoms with Crippen LogP contribution in [0, 0.1) is 12.8 Å². The van der Waals surface area contributed by atoms with Crippen LogP contribution in [0.2, 0.25) is 0 Å². The van der Waals surface area contributed by atoms with Gasteiger partial charge < -0.3 is 15.6 Å². The Morgan fingerprint density at radius 3 is 2.71 bits per heavy atom. The number of aromatic nitrogens is 2. The molecule has 0 spiro atoms. The summed E-state index contributed by atoms with van der Waals surface area (Å²) in [5.41, 5.74) is 6.68. The molecule has 2 aromatic rings. The zero-order chi connectivity index (χ0) is 15.2. The van der Waals surface area contributed by atoms with Gasteiger partial charge in [0.25, 0.3) is 0 Å². The van der Waals surface area contributed by atoms with Crippen molar-refractivity contribution in [1.82, 2.24) is 15.5 Å². The van der Waals surface area contributed by atoms with Gasteiger partial charge >= 0.3 is 0 Å². The van der Waals surface area contributed by atoms with E-state index in [9.17, 15) is 4.79 Å². The fourth-order valence-corrected chi connectivity index (χ4v) is 2.06. The van der Waals surface area contributed by atoms with E-state index in [1.807, 2.05) is 30.3 Å². The number of hydrogen-bond acceptors (Lipinski definition) is 5. The van der Waals surface area contributed by atoms with E-state index >= 15 is 0 Å². The van der Waals surface area contributed by atoms with Crippen molar-refractivity contribution in [3.8, 4) is 0 Å². The standard InChI is InChI=1S/C14H16N4O2S/c1-9-17-12(20-18-9)8-16-14(19)11(13(15)21)7-10-5-3-2-4-6-10/h2-6,11H,7-8H2,1H3,(H2,15,21)(H,16,19). The minimum Gasteiger partial charge on any atom is -0.393 e. The van der Waals surface area contributed by atoms with Crippen LogP contribution in [0.5, 0.6) is 0 Å². The van der Waals surface area contributed by atoms with Crippen LogP contribution in [-0.2, 0) is 17.8 Å². The fourth-order valence-electron chi connectivity index (χ4n) is 1.87. The molecule has 1 aromatic heterocycles. The third-order valence-corrected chi connectivity index (χ3v) is 3.21. The zero-order valence-corrected chi connectivity index (χ0v) is 12.4. The normalized spacial score (nSPS) is 11.9. The van der Waals surface area contributed by atoms with Gasteiger partial charge in [-0.05, 0) is 18.9 Å². The molecule has 1 amide bonds. The molecule has 1 heterocycles. The Morgan fingerprint density at radius 2 is 2.14 bits per heavy atom. The summed E-state index contributed by atoms with van der Waals surface area (Å²) in [5, 5.41) is 6.37. The Labute approximate surface area is 127 Å². The van der Waals surface area contributed by atoms with E-state index < -0.39 is 5.92 Å². The Hall–Kier alpha value is -2.28. The number of hydrogen-bond donors (Lipinski definition) is 2. The number of aryl methyl sites for hydroxylation is 1. The van der Waals surface area contributed by atoms with Crippen LogP contribution in [0.1, 0.15) is 17.3 Å². The van der Waals surface area contributed by atoms with E-state index in [0.29, 0.717) is 18.1 Å². The van der Waals surface area contributed by atoms with Crippen LogP contribution in [0.25, 0.3) is 0 Å². The van der Waals surface area contributed by atoms with Crippen molar-refractivity contribution >= 4 is 23.1 Å². The van der Waals surface area contributed by atoms with Crippen LogP contribution in [0.3, 0.4) is 0 Å². The van der Waals surface area contributed by atoms with Crippen LogP contribution in [0.15, 0.2) is 34.9 Å². The zero-order valence-electron chi connectivity index (χ0n) is 11.6. The number of nitrogens with two attached hydrogens (primary N) is 1. The maximum absolute atomic E-state index is 12.2. The summed E-state index contributed by atoms with van der Waals surface area (Å²) in [6.07, 6.45) is 0.463. The highest BCUT2D eigenvalue weighted by Crippen LogP contribution is 2.10. The smallest absolute Gasteiger partial charge is 0.246 e. The summed E-state index contributed by atoms with van der Waals surface area (Å²) in [6, 6.07) is 9.59. The molecular formula is C14H16N4O2S. The maximum atomic E-state index is 12.2. The average Bonchev–Trinajstić information content (AvgIpc) is 2.89. The Bertz CT molecular complexity index is 627. The lowest BCUT2D eigenvalue weighted by atomic mass is 9.98. The summed E-state index contributed by atoms with van der Waals surface area (Å²) in [7, 11) is 0. The fraction of sp³-hybridized carbons (Fsp3) is 0.286. The first kappa shape index (κ1) is 15.1. The number of rotatable bonds is 6. The van der Waals surface area contributed by atoms with Crippen LogP contribution < -0.4 is 11.1 Å². The lowest BCUT2D eigenvalue weighted by molar-refractivity contribution is -0.123. The summed E-state index contributed by atoms with van der Waals surface area (Å²) >= 11 is 4.99. The predicted octanol–water partition coefficient (Wildman–Crippen LogP) is 1.14. The molecule has 21 heavy (non-hydrogen) atoms. The first-order chi connectivity index (χ1) is 10.1. The molecule has 0 saturated carbocycles. The SMILES string of the molecule is Cc1noc(CNC(=O)C(Cc2ccccc2)C(N)=S)n1. The van der Waals surface area contributed by atoms with Crippen molar-refractivity contribution in [2.24, 2.45) is 11.7 Å². The molecule has 0 aliphatic rings. The quantitative estimate of drug-likeness (QED) is 0.777. The topological polar surface area (TPSA) is 94.0 Å². The summed E-state index contributed by atoms with van der Waals surface area (Å²) < 4.78 is 4.93. The van der Waals surface area contributed by atoms with Gasteiger partial charge in [-0.1, -0.05) is 47.7 Å². The van der Waals surface area contributed by atoms with Crippen LogP contribution >= 0.6 is 12.2 Å². The monoisotopic (exact) mass is 304 g/mol. The molecule has 6 nitrogen and oxygen atoms in total. The first-order valence-electron chi connectivity index (χ1n) is 6.46. The average molecular weight is 304 g/mol. The van der Waals surface area contributed by atoms with Gasteiger partial charge in [-0.25, -0.2) is 0 Å².